The quantitative estimate of drug-likeness (QED) is 0.823. The molecule has 1 aliphatic heterocycles. The van der Waals surface area contributed by atoms with E-state index in [9.17, 15) is 8.78 Å². The summed E-state index contributed by atoms with van der Waals surface area (Å²) in [6.07, 6.45) is -4.88. The van der Waals surface area contributed by atoms with Crippen LogP contribution in [0.25, 0.3) is 0 Å². The van der Waals surface area contributed by atoms with Gasteiger partial charge in [-0.3, -0.25) is 0 Å². The van der Waals surface area contributed by atoms with E-state index in [0.717, 1.165) is 26.2 Å². The van der Waals surface area contributed by atoms with Gasteiger partial charge in [0.15, 0.2) is 0 Å². The number of hydrogen-bond acceptors (Lipinski definition) is 6. The molecule has 1 aromatic rings. The number of aliphatic hydroxyl groups excluding tert-OH is 1. The first-order chi connectivity index (χ1) is 8.56. The molecule has 18 heavy (non-hydrogen) atoms. The number of likely N-dealkylation sites (N-methyl/N-ethyl adjacent to an activating group) is 1. The Hall–Kier alpha value is -1.28. The Bertz CT molecular complexity index is 380. The van der Waals surface area contributed by atoms with E-state index in [2.05, 4.69) is 15.0 Å². The fourth-order valence-corrected chi connectivity index (χ4v) is 1.73. The number of nitrogens with zero attached hydrogens (tertiary/aromatic N) is 4. The van der Waals surface area contributed by atoms with Gasteiger partial charge in [-0.15, -0.1) is 0 Å². The summed E-state index contributed by atoms with van der Waals surface area (Å²) in [6, 6.07) is 0. The van der Waals surface area contributed by atoms with Crippen LogP contribution in [0.5, 0.6) is 0 Å². The second kappa shape index (κ2) is 5.57. The molecule has 1 saturated heterocycles. The number of anilines is 1. The van der Waals surface area contributed by atoms with Crippen LogP contribution in [0.4, 0.5) is 14.7 Å². The maximum absolute atomic E-state index is 12.2. The van der Waals surface area contributed by atoms with Crippen molar-refractivity contribution >= 4 is 5.95 Å². The summed E-state index contributed by atoms with van der Waals surface area (Å²) in [5.41, 5.74) is 0. The highest BCUT2D eigenvalue weighted by Crippen LogP contribution is 2.14. The van der Waals surface area contributed by atoms with Crippen molar-refractivity contribution in [2.24, 2.45) is 0 Å². The van der Waals surface area contributed by atoms with E-state index >= 15 is 0 Å². The first-order valence-corrected chi connectivity index (χ1v) is 5.78. The van der Waals surface area contributed by atoms with Crippen molar-refractivity contribution in [3.63, 3.8) is 0 Å². The monoisotopic (exact) mass is 262 g/mol. The molecule has 1 N–H and O–H groups in total. The standard InChI is InChI=1S/C10H16F2N4O2/c1-15-2-4-16(5-3-15)10-13-8(18-14-10)6-7(17)9(11)12/h7,9,17H,2-6H2,1H3. The van der Waals surface area contributed by atoms with Crippen molar-refractivity contribution in [3.8, 4) is 0 Å². The minimum absolute atomic E-state index is 0.0386. The lowest BCUT2D eigenvalue weighted by molar-refractivity contribution is -0.00754. The predicted molar refractivity (Wildman–Crippen MR) is 59.7 cm³/mol. The van der Waals surface area contributed by atoms with Crippen LogP contribution >= 0.6 is 0 Å². The molecule has 2 rings (SSSR count). The Morgan fingerprint density at radius 2 is 2.00 bits per heavy atom. The topological polar surface area (TPSA) is 65.6 Å². The van der Waals surface area contributed by atoms with Gasteiger partial charge in [0, 0.05) is 26.2 Å². The summed E-state index contributed by atoms with van der Waals surface area (Å²) in [5.74, 6) is 0.441. The van der Waals surface area contributed by atoms with Crippen LogP contribution in [0.2, 0.25) is 0 Å². The Morgan fingerprint density at radius 3 is 2.61 bits per heavy atom. The van der Waals surface area contributed by atoms with Gasteiger partial charge in [0.25, 0.3) is 12.4 Å². The summed E-state index contributed by atoms with van der Waals surface area (Å²) in [7, 11) is 2.03. The average molecular weight is 262 g/mol. The molecule has 0 bridgehead atoms. The minimum Gasteiger partial charge on any atom is -0.387 e. The molecule has 1 aliphatic rings. The molecular weight excluding hydrogens is 246 g/mol. The molecule has 8 heteroatoms. The Labute approximate surface area is 103 Å². The Balaban J connectivity index is 1.93. The first-order valence-electron chi connectivity index (χ1n) is 5.78. The Morgan fingerprint density at radius 1 is 1.33 bits per heavy atom. The zero-order valence-electron chi connectivity index (χ0n) is 10.1. The smallest absolute Gasteiger partial charge is 0.266 e. The van der Waals surface area contributed by atoms with Gasteiger partial charge in [0.2, 0.25) is 5.89 Å². The highest BCUT2D eigenvalue weighted by atomic mass is 19.3. The fourth-order valence-electron chi connectivity index (χ4n) is 1.73. The van der Waals surface area contributed by atoms with E-state index in [1.807, 2.05) is 11.9 Å². The molecule has 0 amide bonds. The molecule has 0 aromatic carbocycles. The molecule has 102 valence electrons. The minimum atomic E-state index is -2.80. The first kappa shape index (κ1) is 13.2. The van der Waals surface area contributed by atoms with E-state index < -0.39 is 12.5 Å². The SMILES string of the molecule is CN1CCN(c2noc(CC(O)C(F)F)n2)CC1. The van der Waals surface area contributed by atoms with Gasteiger partial charge >= 0.3 is 0 Å². The lowest BCUT2D eigenvalue weighted by Gasteiger charge is -2.31. The fraction of sp³-hybridized carbons (Fsp3) is 0.800. The van der Waals surface area contributed by atoms with E-state index in [-0.39, 0.29) is 12.3 Å². The van der Waals surface area contributed by atoms with Gasteiger partial charge in [-0.25, -0.2) is 8.78 Å². The molecule has 1 atom stereocenters. The summed E-state index contributed by atoms with van der Waals surface area (Å²) in [6.45, 7) is 3.33. The van der Waals surface area contributed by atoms with Crippen molar-refractivity contribution in [1.29, 1.82) is 0 Å². The normalized spacial score (nSPS) is 19.5. The highest BCUT2D eigenvalue weighted by Gasteiger charge is 2.23. The highest BCUT2D eigenvalue weighted by molar-refractivity contribution is 5.28. The second-order valence-electron chi connectivity index (χ2n) is 4.38. The largest absolute Gasteiger partial charge is 0.387 e. The van der Waals surface area contributed by atoms with Gasteiger partial charge in [0.05, 0.1) is 6.42 Å². The van der Waals surface area contributed by atoms with Gasteiger partial charge in [0.1, 0.15) is 6.10 Å². The number of halogens is 2. The average Bonchev–Trinajstić information content (AvgIpc) is 2.78. The molecule has 1 unspecified atom stereocenters. The van der Waals surface area contributed by atoms with E-state index in [1.165, 1.54) is 0 Å². The number of rotatable bonds is 4. The number of aliphatic hydroxyl groups is 1. The maximum atomic E-state index is 12.2. The third-order valence-corrected chi connectivity index (χ3v) is 2.92. The molecule has 0 spiro atoms. The van der Waals surface area contributed by atoms with Gasteiger partial charge in [-0.1, -0.05) is 0 Å². The number of aromatic nitrogens is 2. The van der Waals surface area contributed by atoms with Crippen molar-refractivity contribution in [2.45, 2.75) is 19.0 Å². The lowest BCUT2D eigenvalue weighted by Crippen LogP contribution is -2.44. The zero-order valence-corrected chi connectivity index (χ0v) is 10.1. The molecule has 0 saturated carbocycles. The van der Waals surface area contributed by atoms with Gasteiger partial charge in [-0.2, -0.15) is 4.98 Å². The number of hydrogen-bond donors (Lipinski definition) is 1. The maximum Gasteiger partial charge on any atom is 0.266 e. The van der Waals surface area contributed by atoms with Crippen LogP contribution in [0, 0.1) is 0 Å². The Kier molecular flexibility index (Phi) is 4.07. The summed E-state index contributed by atoms with van der Waals surface area (Å²) in [5, 5.41) is 12.8. The van der Waals surface area contributed by atoms with Crippen LogP contribution in [0.3, 0.4) is 0 Å². The number of alkyl halides is 2. The summed E-state index contributed by atoms with van der Waals surface area (Å²) >= 11 is 0. The van der Waals surface area contributed by atoms with Crippen molar-refractivity contribution < 1.29 is 18.4 Å². The molecule has 0 aliphatic carbocycles. The molecule has 1 aromatic heterocycles. The zero-order chi connectivity index (χ0) is 13.1. The second-order valence-corrected chi connectivity index (χ2v) is 4.38. The van der Waals surface area contributed by atoms with E-state index in [1.54, 1.807) is 0 Å². The van der Waals surface area contributed by atoms with Crippen molar-refractivity contribution in [3.05, 3.63) is 5.89 Å². The number of piperazine rings is 1. The molecule has 0 radical (unpaired) electrons. The van der Waals surface area contributed by atoms with Crippen LogP contribution < -0.4 is 4.90 Å². The van der Waals surface area contributed by atoms with Crippen molar-refractivity contribution in [2.75, 3.05) is 38.1 Å². The molecule has 2 heterocycles. The molecular formula is C10H16F2N4O2. The van der Waals surface area contributed by atoms with Gasteiger partial charge < -0.3 is 19.4 Å². The van der Waals surface area contributed by atoms with Crippen LogP contribution in [0.1, 0.15) is 5.89 Å². The lowest BCUT2D eigenvalue weighted by atomic mass is 10.2. The third-order valence-electron chi connectivity index (χ3n) is 2.92. The van der Waals surface area contributed by atoms with Crippen LogP contribution in [-0.2, 0) is 6.42 Å². The molecule has 1 fully saturated rings. The van der Waals surface area contributed by atoms with E-state index in [4.69, 9.17) is 9.63 Å². The predicted octanol–water partition coefficient (Wildman–Crippen LogP) is -0.0101. The third kappa shape index (κ3) is 3.14. The van der Waals surface area contributed by atoms with Gasteiger partial charge in [-0.05, 0) is 12.2 Å². The van der Waals surface area contributed by atoms with E-state index in [0.29, 0.717) is 5.95 Å². The summed E-state index contributed by atoms with van der Waals surface area (Å²) < 4.78 is 29.2. The summed E-state index contributed by atoms with van der Waals surface area (Å²) in [4.78, 5) is 8.13. The van der Waals surface area contributed by atoms with Crippen molar-refractivity contribution in [1.82, 2.24) is 15.0 Å². The van der Waals surface area contributed by atoms with Crippen LogP contribution in [-0.4, -0.2) is 65.9 Å². The molecule has 6 nitrogen and oxygen atoms in total. The van der Waals surface area contributed by atoms with Crippen LogP contribution in [0.15, 0.2) is 4.52 Å².